The van der Waals surface area contributed by atoms with Gasteiger partial charge in [0.1, 0.15) is 0 Å². The first-order valence-corrected chi connectivity index (χ1v) is 12.2. The van der Waals surface area contributed by atoms with E-state index in [1.807, 2.05) is 0 Å². The van der Waals surface area contributed by atoms with Crippen LogP contribution in [-0.2, 0) is 9.53 Å². The van der Waals surface area contributed by atoms with Gasteiger partial charge in [0.15, 0.2) is 17.6 Å². The summed E-state index contributed by atoms with van der Waals surface area (Å²) in [6, 6.07) is 1.76. The van der Waals surface area contributed by atoms with Crippen molar-refractivity contribution in [1.82, 2.24) is 0 Å². The Labute approximate surface area is 186 Å². The predicted molar refractivity (Wildman–Crippen MR) is 118 cm³/mol. The highest BCUT2D eigenvalue weighted by Crippen LogP contribution is 2.76. The fourth-order valence-electron chi connectivity index (χ4n) is 9.36. The average molecular weight is 427 g/mol. The number of hydrogen-bond donors (Lipinski definition) is 0. The van der Waals surface area contributed by atoms with Gasteiger partial charge in [0.2, 0.25) is 0 Å². The first-order valence-electron chi connectivity index (χ1n) is 12.2. The number of Topliss-reactive ketones (excluding diaryl/α,β-unsaturated/α-hetero) is 1. The number of ether oxygens (including phenoxy) is 1. The molecule has 4 nitrogen and oxygen atoms in total. The number of ketones is 1. The number of carbonyl (C=O) groups excluding carboxylic acids is 2. The van der Waals surface area contributed by atoms with Crippen LogP contribution in [0.15, 0.2) is 16.7 Å². The van der Waals surface area contributed by atoms with E-state index in [2.05, 4.69) is 34.6 Å². The predicted octanol–water partition coefficient (Wildman–Crippen LogP) is 6.75. The molecule has 4 aliphatic carbocycles. The normalized spacial score (nSPS) is 45.7. The number of esters is 1. The van der Waals surface area contributed by atoms with E-state index in [9.17, 15) is 9.59 Å². The van der Waals surface area contributed by atoms with Crippen LogP contribution in [-0.4, -0.2) is 11.8 Å². The summed E-state index contributed by atoms with van der Waals surface area (Å²) in [5.41, 5.74) is 1.01. The van der Waals surface area contributed by atoms with Crippen molar-refractivity contribution in [1.29, 1.82) is 0 Å². The smallest absolute Gasteiger partial charge is 0.303 e. The zero-order chi connectivity index (χ0) is 22.4. The molecule has 0 aromatic carbocycles. The maximum Gasteiger partial charge on any atom is 0.303 e. The van der Waals surface area contributed by atoms with E-state index < -0.39 is 6.10 Å². The van der Waals surface area contributed by atoms with Crippen LogP contribution in [0.5, 0.6) is 0 Å². The molecule has 31 heavy (non-hydrogen) atoms. The second kappa shape index (κ2) is 6.48. The molecule has 1 aromatic heterocycles. The third-order valence-electron chi connectivity index (χ3n) is 10.6. The first kappa shape index (κ1) is 21.3. The monoisotopic (exact) mass is 426 g/mol. The maximum atomic E-state index is 13.4. The minimum absolute atomic E-state index is 0.0744. The molecule has 0 bridgehead atoms. The molecule has 0 radical (unpaired) electrons. The third-order valence-corrected chi connectivity index (χ3v) is 10.6. The molecular formula is C27H38O4. The summed E-state index contributed by atoms with van der Waals surface area (Å²) in [6.07, 6.45) is 8.84. The molecule has 0 aliphatic heterocycles. The van der Waals surface area contributed by atoms with Crippen molar-refractivity contribution in [3.05, 3.63) is 23.7 Å². The van der Waals surface area contributed by atoms with Crippen LogP contribution in [0.2, 0.25) is 0 Å². The lowest BCUT2D eigenvalue weighted by molar-refractivity contribution is -0.158. The number of furan rings is 1. The van der Waals surface area contributed by atoms with Crippen LogP contribution in [0.25, 0.3) is 0 Å². The van der Waals surface area contributed by atoms with Crippen LogP contribution in [0, 0.1) is 39.4 Å². The second-order valence-electron chi connectivity index (χ2n) is 12.6. The lowest BCUT2D eigenvalue weighted by Gasteiger charge is -2.62. The highest BCUT2D eigenvalue weighted by atomic mass is 16.6. The Hall–Kier alpha value is -1.58. The Bertz CT molecular complexity index is 927. The summed E-state index contributed by atoms with van der Waals surface area (Å²) >= 11 is 0. The van der Waals surface area contributed by atoms with E-state index in [1.54, 1.807) is 12.3 Å². The zero-order valence-electron chi connectivity index (χ0n) is 20.0. The number of fused-ring (bicyclic) bond motifs is 6. The van der Waals surface area contributed by atoms with Crippen molar-refractivity contribution in [2.24, 2.45) is 39.4 Å². The minimum Gasteiger partial charge on any atom is -0.465 e. The van der Waals surface area contributed by atoms with Gasteiger partial charge in [0, 0.05) is 18.8 Å². The number of hydrogen-bond acceptors (Lipinski definition) is 4. The molecule has 0 saturated heterocycles. The third kappa shape index (κ3) is 2.72. The molecule has 0 spiro atoms. The van der Waals surface area contributed by atoms with Gasteiger partial charge in [-0.2, -0.15) is 0 Å². The minimum atomic E-state index is -0.493. The van der Waals surface area contributed by atoms with Gasteiger partial charge in [0.05, 0.1) is 11.8 Å². The quantitative estimate of drug-likeness (QED) is 0.466. The summed E-state index contributed by atoms with van der Waals surface area (Å²) < 4.78 is 11.8. The van der Waals surface area contributed by atoms with E-state index in [-0.39, 0.29) is 33.9 Å². The molecule has 170 valence electrons. The Morgan fingerprint density at radius 3 is 2.42 bits per heavy atom. The van der Waals surface area contributed by atoms with Gasteiger partial charge in [-0.25, -0.2) is 0 Å². The number of carbonyl (C=O) groups is 2. The molecule has 0 amide bonds. The Kier molecular flexibility index (Phi) is 4.45. The van der Waals surface area contributed by atoms with E-state index in [0.29, 0.717) is 35.0 Å². The van der Waals surface area contributed by atoms with Gasteiger partial charge >= 0.3 is 5.97 Å². The van der Waals surface area contributed by atoms with Gasteiger partial charge in [-0.05, 0) is 72.2 Å². The molecule has 4 heteroatoms. The number of rotatable bonds is 1. The molecule has 7 atom stereocenters. The molecule has 3 saturated carbocycles. The van der Waals surface area contributed by atoms with Gasteiger partial charge in [0.25, 0.3) is 0 Å². The highest BCUT2D eigenvalue weighted by Gasteiger charge is 2.70. The van der Waals surface area contributed by atoms with Crippen LogP contribution < -0.4 is 0 Å². The summed E-state index contributed by atoms with van der Waals surface area (Å²) in [4.78, 5) is 25.6. The molecule has 3 fully saturated rings. The lowest BCUT2D eigenvalue weighted by atomic mass is 9.43. The average Bonchev–Trinajstić information content (AvgIpc) is 3.21. The molecule has 5 rings (SSSR count). The topological polar surface area (TPSA) is 56.5 Å². The first-order chi connectivity index (χ1) is 14.4. The fraction of sp³-hybridized carbons (Fsp3) is 0.778. The molecular weight excluding hydrogens is 388 g/mol. The molecule has 0 unspecified atom stereocenters. The van der Waals surface area contributed by atoms with E-state index in [1.165, 1.54) is 32.6 Å². The standard InChI is InChI=1S/C27H38O4/c1-16(28)31-23-22-17(9-13-30-22)18(29)14-20-26(5)12-8-19-24(2,3)10-7-11-25(19,4)21(26)15-27(20,23)6/h9,13,19-21,23H,7-8,10-12,14-15H2,1-6H3/t19-,20-,21+,23+,25-,26-,27-/m0/s1. The van der Waals surface area contributed by atoms with Crippen LogP contribution in [0.4, 0.5) is 0 Å². The van der Waals surface area contributed by atoms with Crippen LogP contribution in [0.1, 0.15) is 109 Å². The van der Waals surface area contributed by atoms with Crippen molar-refractivity contribution in [3.63, 3.8) is 0 Å². The van der Waals surface area contributed by atoms with E-state index >= 15 is 0 Å². The SMILES string of the molecule is CC(=O)O[C@@H]1c2occc2C(=O)C[C@H]2[C@]3(C)CC[C@H]4C(C)(C)CCC[C@]4(C)[C@H]3C[C@@]21C. The molecule has 4 aliphatic rings. The molecule has 0 N–H and O–H groups in total. The maximum absolute atomic E-state index is 13.4. The van der Waals surface area contributed by atoms with E-state index in [4.69, 9.17) is 9.15 Å². The molecule has 1 heterocycles. The van der Waals surface area contributed by atoms with Crippen molar-refractivity contribution in [2.45, 2.75) is 92.6 Å². The highest BCUT2D eigenvalue weighted by molar-refractivity contribution is 5.98. The Morgan fingerprint density at radius 1 is 1.00 bits per heavy atom. The van der Waals surface area contributed by atoms with Crippen molar-refractivity contribution in [2.75, 3.05) is 0 Å². The zero-order valence-corrected chi connectivity index (χ0v) is 20.0. The summed E-state index contributed by atoms with van der Waals surface area (Å²) in [6.45, 7) is 13.7. The summed E-state index contributed by atoms with van der Waals surface area (Å²) in [7, 11) is 0. The Balaban J connectivity index is 1.65. The lowest BCUT2D eigenvalue weighted by Crippen LogP contribution is -2.54. The summed E-state index contributed by atoms with van der Waals surface area (Å²) in [5, 5.41) is 0. The summed E-state index contributed by atoms with van der Waals surface area (Å²) in [5.74, 6) is 1.83. The van der Waals surface area contributed by atoms with Gasteiger partial charge in [-0.3, -0.25) is 9.59 Å². The van der Waals surface area contributed by atoms with Gasteiger partial charge in [-0.1, -0.05) is 41.0 Å². The van der Waals surface area contributed by atoms with Crippen molar-refractivity contribution in [3.8, 4) is 0 Å². The van der Waals surface area contributed by atoms with Crippen molar-refractivity contribution < 1.29 is 18.7 Å². The van der Waals surface area contributed by atoms with Gasteiger partial charge in [-0.15, -0.1) is 0 Å². The van der Waals surface area contributed by atoms with Gasteiger partial charge < -0.3 is 9.15 Å². The van der Waals surface area contributed by atoms with Crippen LogP contribution in [0.3, 0.4) is 0 Å². The van der Waals surface area contributed by atoms with E-state index in [0.717, 1.165) is 12.8 Å². The molecule has 1 aromatic rings. The second-order valence-corrected chi connectivity index (χ2v) is 12.6. The van der Waals surface area contributed by atoms with Crippen molar-refractivity contribution >= 4 is 11.8 Å². The fourth-order valence-corrected chi connectivity index (χ4v) is 9.36. The largest absolute Gasteiger partial charge is 0.465 e. The van der Waals surface area contributed by atoms with Crippen LogP contribution >= 0.6 is 0 Å². The Morgan fingerprint density at radius 2 is 1.71 bits per heavy atom.